The Morgan fingerprint density at radius 3 is 2.79 bits per heavy atom. The molecular formula is C19H30N4O. The fourth-order valence-electron chi connectivity index (χ4n) is 5.08. The lowest BCUT2D eigenvalue weighted by Crippen LogP contribution is -2.53. The molecule has 0 bridgehead atoms. The van der Waals surface area contributed by atoms with Crippen LogP contribution in [0, 0.1) is 5.41 Å². The van der Waals surface area contributed by atoms with Crippen LogP contribution < -0.4 is 0 Å². The van der Waals surface area contributed by atoms with Gasteiger partial charge in [-0.25, -0.2) is 0 Å². The van der Waals surface area contributed by atoms with E-state index in [0.29, 0.717) is 11.9 Å². The van der Waals surface area contributed by atoms with Gasteiger partial charge >= 0.3 is 0 Å². The molecule has 2 aliphatic heterocycles. The summed E-state index contributed by atoms with van der Waals surface area (Å²) in [5.74, 6) is 0.476. The number of hydrogen-bond donors (Lipinski definition) is 0. The van der Waals surface area contributed by atoms with Gasteiger partial charge in [-0.3, -0.25) is 9.48 Å². The smallest absolute Gasteiger partial charge is 0.230 e. The molecule has 3 heterocycles. The van der Waals surface area contributed by atoms with Gasteiger partial charge in [0.25, 0.3) is 0 Å². The van der Waals surface area contributed by atoms with Crippen molar-refractivity contribution in [1.29, 1.82) is 0 Å². The van der Waals surface area contributed by atoms with Gasteiger partial charge in [-0.05, 0) is 50.6 Å². The molecule has 0 radical (unpaired) electrons. The molecule has 132 valence electrons. The molecule has 5 heteroatoms. The second-order valence-electron chi connectivity index (χ2n) is 8.12. The Balaban J connectivity index is 1.37. The number of carbonyl (C=O) groups excluding carboxylic acids is 1. The predicted molar refractivity (Wildman–Crippen MR) is 93.6 cm³/mol. The zero-order valence-electron chi connectivity index (χ0n) is 14.9. The second kappa shape index (κ2) is 6.51. The molecule has 0 unspecified atom stereocenters. The predicted octanol–water partition coefficient (Wildman–Crippen LogP) is 2.22. The van der Waals surface area contributed by atoms with Gasteiger partial charge in [0.05, 0.1) is 11.6 Å². The first-order valence-corrected chi connectivity index (χ1v) is 9.67. The third kappa shape index (κ3) is 2.99. The summed E-state index contributed by atoms with van der Waals surface area (Å²) in [6.45, 7) is 4.09. The van der Waals surface area contributed by atoms with E-state index >= 15 is 0 Å². The van der Waals surface area contributed by atoms with Crippen molar-refractivity contribution in [3.63, 3.8) is 0 Å². The molecule has 1 aromatic rings. The Kier molecular flexibility index (Phi) is 4.37. The molecule has 1 aliphatic carbocycles. The summed E-state index contributed by atoms with van der Waals surface area (Å²) in [6, 6.07) is 0.541. The summed E-state index contributed by atoms with van der Waals surface area (Å²) >= 11 is 0. The first-order chi connectivity index (χ1) is 11.7. The lowest BCUT2D eigenvalue weighted by Gasteiger charge is -2.42. The number of amides is 1. The van der Waals surface area contributed by atoms with E-state index in [2.05, 4.69) is 21.1 Å². The zero-order valence-corrected chi connectivity index (χ0v) is 14.9. The molecule has 1 spiro atoms. The Bertz CT molecular complexity index is 592. The van der Waals surface area contributed by atoms with Crippen LogP contribution >= 0.6 is 0 Å². The molecule has 1 saturated carbocycles. The highest BCUT2D eigenvalue weighted by Crippen LogP contribution is 2.42. The Morgan fingerprint density at radius 1 is 1.21 bits per heavy atom. The maximum absolute atomic E-state index is 13.2. The van der Waals surface area contributed by atoms with Crippen molar-refractivity contribution in [2.45, 2.75) is 57.4 Å². The minimum Gasteiger partial charge on any atom is -0.339 e. The van der Waals surface area contributed by atoms with E-state index in [4.69, 9.17) is 0 Å². The SMILES string of the molecule is Cn1cc(CCN2CC[C@]3(CCCN(C4CCCC4)C3=O)C2)cn1. The average molecular weight is 330 g/mol. The molecule has 2 saturated heterocycles. The highest BCUT2D eigenvalue weighted by molar-refractivity contribution is 5.84. The lowest BCUT2D eigenvalue weighted by molar-refractivity contribution is -0.148. The van der Waals surface area contributed by atoms with E-state index in [1.807, 2.05) is 17.9 Å². The third-order valence-electron chi connectivity index (χ3n) is 6.44. The van der Waals surface area contributed by atoms with Crippen molar-refractivity contribution >= 4 is 5.91 Å². The van der Waals surface area contributed by atoms with E-state index in [1.165, 1.54) is 37.7 Å². The number of rotatable bonds is 4. The Hall–Kier alpha value is -1.36. The van der Waals surface area contributed by atoms with Gasteiger partial charge < -0.3 is 9.80 Å². The number of piperidine rings is 1. The topological polar surface area (TPSA) is 41.4 Å². The van der Waals surface area contributed by atoms with E-state index in [1.54, 1.807) is 0 Å². The largest absolute Gasteiger partial charge is 0.339 e. The molecule has 4 rings (SSSR count). The van der Waals surface area contributed by atoms with Crippen LogP contribution in [-0.4, -0.2) is 57.7 Å². The van der Waals surface area contributed by atoms with Crippen LogP contribution in [0.3, 0.4) is 0 Å². The fourth-order valence-corrected chi connectivity index (χ4v) is 5.08. The summed E-state index contributed by atoms with van der Waals surface area (Å²) < 4.78 is 1.87. The van der Waals surface area contributed by atoms with Crippen LogP contribution in [-0.2, 0) is 18.3 Å². The fraction of sp³-hybridized carbons (Fsp3) is 0.789. The van der Waals surface area contributed by atoms with Crippen molar-refractivity contribution in [2.24, 2.45) is 12.5 Å². The Morgan fingerprint density at radius 2 is 2.04 bits per heavy atom. The first kappa shape index (κ1) is 16.1. The third-order valence-corrected chi connectivity index (χ3v) is 6.44. The highest BCUT2D eigenvalue weighted by Gasteiger charge is 2.49. The van der Waals surface area contributed by atoms with Crippen molar-refractivity contribution in [1.82, 2.24) is 19.6 Å². The van der Waals surface area contributed by atoms with Gasteiger partial charge in [0.15, 0.2) is 0 Å². The maximum Gasteiger partial charge on any atom is 0.230 e. The second-order valence-corrected chi connectivity index (χ2v) is 8.12. The minimum absolute atomic E-state index is 0.0736. The van der Waals surface area contributed by atoms with Crippen LogP contribution in [0.5, 0.6) is 0 Å². The molecular weight excluding hydrogens is 300 g/mol. The van der Waals surface area contributed by atoms with Crippen LogP contribution in [0.25, 0.3) is 0 Å². The van der Waals surface area contributed by atoms with Crippen molar-refractivity contribution < 1.29 is 4.79 Å². The van der Waals surface area contributed by atoms with Gasteiger partial charge in [0, 0.05) is 38.9 Å². The van der Waals surface area contributed by atoms with Gasteiger partial charge in [0.1, 0.15) is 0 Å². The highest BCUT2D eigenvalue weighted by atomic mass is 16.2. The molecule has 1 atom stereocenters. The van der Waals surface area contributed by atoms with Gasteiger partial charge in [-0.1, -0.05) is 12.8 Å². The number of hydrogen-bond acceptors (Lipinski definition) is 3. The lowest BCUT2D eigenvalue weighted by atomic mass is 9.77. The maximum atomic E-state index is 13.2. The van der Waals surface area contributed by atoms with E-state index in [9.17, 15) is 4.79 Å². The number of aromatic nitrogens is 2. The minimum atomic E-state index is -0.0736. The zero-order chi connectivity index (χ0) is 16.6. The Labute approximate surface area is 145 Å². The number of carbonyl (C=O) groups is 1. The molecule has 3 aliphatic rings. The molecule has 1 amide bonds. The normalized spacial score (nSPS) is 29.2. The standard InChI is InChI=1S/C19H30N4O/c1-21-14-16(13-20-21)7-11-22-12-9-19(15-22)8-4-10-23(18(19)24)17-5-2-3-6-17/h13-14,17H,2-12,15H2,1H3/t19-/m1/s1. The number of aryl methyl sites for hydroxylation is 1. The number of nitrogens with zero attached hydrogens (tertiary/aromatic N) is 4. The van der Waals surface area contributed by atoms with Crippen molar-refractivity contribution in [3.8, 4) is 0 Å². The van der Waals surface area contributed by atoms with Crippen molar-refractivity contribution in [3.05, 3.63) is 18.0 Å². The molecule has 0 aromatic carbocycles. The van der Waals surface area contributed by atoms with Crippen LogP contribution in [0.4, 0.5) is 0 Å². The van der Waals surface area contributed by atoms with Gasteiger partial charge in [0.2, 0.25) is 5.91 Å². The summed E-state index contributed by atoms with van der Waals surface area (Å²) in [7, 11) is 1.96. The molecule has 0 N–H and O–H groups in total. The van der Waals surface area contributed by atoms with Crippen LogP contribution in [0.2, 0.25) is 0 Å². The number of likely N-dealkylation sites (tertiary alicyclic amines) is 2. The molecule has 3 fully saturated rings. The first-order valence-electron chi connectivity index (χ1n) is 9.67. The van der Waals surface area contributed by atoms with Gasteiger partial charge in [-0.15, -0.1) is 0 Å². The van der Waals surface area contributed by atoms with E-state index in [0.717, 1.165) is 45.4 Å². The molecule has 1 aromatic heterocycles. The average Bonchev–Trinajstić information content (AvgIpc) is 3.30. The quantitative estimate of drug-likeness (QED) is 0.850. The van der Waals surface area contributed by atoms with Gasteiger partial charge in [-0.2, -0.15) is 5.10 Å². The summed E-state index contributed by atoms with van der Waals surface area (Å²) in [5.41, 5.74) is 1.22. The van der Waals surface area contributed by atoms with E-state index in [-0.39, 0.29) is 5.41 Å². The summed E-state index contributed by atoms with van der Waals surface area (Å²) in [6.07, 6.45) is 13.5. The summed E-state index contributed by atoms with van der Waals surface area (Å²) in [5, 5.41) is 4.25. The monoisotopic (exact) mass is 330 g/mol. The van der Waals surface area contributed by atoms with Crippen LogP contribution in [0.1, 0.15) is 50.5 Å². The van der Waals surface area contributed by atoms with Crippen LogP contribution in [0.15, 0.2) is 12.4 Å². The van der Waals surface area contributed by atoms with E-state index < -0.39 is 0 Å². The molecule has 24 heavy (non-hydrogen) atoms. The van der Waals surface area contributed by atoms with Crippen molar-refractivity contribution in [2.75, 3.05) is 26.2 Å². The summed E-state index contributed by atoms with van der Waals surface area (Å²) in [4.78, 5) is 18.0. The molecule has 5 nitrogen and oxygen atoms in total.